The molecule has 166 valence electrons. The number of anilines is 1. The maximum atomic E-state index is 12.8. The number of carbonyl (C=O) groups excluding carboxylic acids is 1. The third-order valence-corrected chi connectivity index (χ3v) is 6.78. The minimum atomic E-state index is -3.74. The summed E-state index contributed by atoms with van der Waals surface area (Å²) >= 11 is 0. The molecule has 0 aliphatic carbocycles. The Hall–Kier alpha value is -3.32. The molecule has 1 heterocycles. The maximum Gasteiger partial charge on any atom is 0.261 e. The first-order valence-corrected chi connectivity index (χ1v) is 12.2. The van der Waals surface area contributed by atoms with Crippen molar-refractivity contribution in [1.82, 2.24) is 4.90 Å². The minimum Gasteiger partial charge on any atom is -0.494 e. The van der Waals surface area contributed by atoms with Gasteiger partial charge in [0, 0.05) is 24.3 Å². The first kappa shape index (κ1) is 21.9. The Kier molecular flexibility index (Phi) is 6.46. The van der Waals surface area contributed by atoms with E-state index in [9.17, 15) is 13.2 Å². The van der Waals surface area contributed by atoms with Gasteiger partial charge in [0.15, 0.2) is 0 Å². The van der Waals surface area contributed by atoms with Gasteiger partial charge in [-0.25, -0.2) is 8.42 Å². The van der Waals surface area contributed by atoms with Crippen LogP contribution in [-0.2, 0) is 23.0 Å². The highest BCUT2D eigenvalue weighted by Gasteiger charge is 2.23. The van der Waals surface area contributed by atoms with Gasteiger partial charge < -0.3 is 9.64 Å². The maximum absolute atomic E-state index is 12.8. The number of sulfonamides is 1. The van der Waals surface area contributed by atoms with Crippen LogP contribution in [0.25, 0.3) is 0 Å². The third kappa shape index (κ3) is 4.94. The molecule has 3 aromatic carbocycles. The third-order valence-electron chi connectivity index (χ3n) is 5.39. The van der Waals surface area contributed by atoms with Crippen molar-refractivity contribution in [1.29, 1.82) is 0 Å². The molecule has 0 aromatic heterocycles. The Bertz CT molecular complexity index is 1190. The van der Waals surface area contributed by atoms with E-state index in [4.69, 9.17) is 4.74 Å². The average molecular weight is 451 g/mol. The number of fused-ring (bicyclic) bond motifs is 1. The van der Waals surface area contributed by atoms with E-state index < -0.39 is 10.0 Å². The van der Waals surface area contributed by atoms with Gasteiger partial charge in [-0.1, -0.05) is 31.2 Å². The van der Waals surface area contributed by atoms with Crippen LogP contribution in [-0.4, -0.2) is 32.4 Å². The Morgan fingerprint density at radius 1 is 1.00 bits per heavy atom. The number of amides is 1. The molecule has 0 bridgehead atoms. The van der Waals surface area contributed by atoms with E-state index in [1.165, 1.54) is 12.1 Å². The lowest BCUT2D eigenvalue weighted by atomic mass is 9.98. The molecular formula is C25H26N2O4S. The van der Waals surface area contributed by atoms with Crippen LogP contribution in [0.5, 0.6) is 5.75 Å². The molecule has 0 saturated carbocycles. The summed E-state index contributed by atoms with van der Waals surface area (Å²) in [4.78, 5) is 14.8. The standard InChI is InChI=1S/C25H26N2O4S/c1-2-16-31-23-10-12-24(13-11-23)32(29,30)26-22-9-8-19-14-15-27(18-21(19)17-22)25(28)20-6-4-3-5-7-20/h3-13,17,26H,2,14-16,18H2,1H3. The minimum absolute atomic E-state index is 0.0207. The number of carbonyl (C=O) groups is 1. The molecule has 1 N–H and O–H groups in total. The molecule has 3 aromatic rings. The molecule has 0 fully saturated rings. The van der Waals surface area contributed by atoms with Gasteiger partial charge >= 0.3 is 0 Å². The lowest BCUT2D eigenvalue weighted by Gasteiger charge is -2.29. The molecule has 1 amide bonds. The van der Waals surface area contributed by atoms with E-state index in [0.717, 1.165) is 24.0 Å². The van der Waals surface area contributed by atoms with Crippen molar-refractivity contribution in [2.24, 2.45) is 0 Å². The van der Waals surface area contributed by atoms with Crippen LogP contribution in [0.4, 0.5) is 5.69 Å². The van der Waals surface area contributed by atoms with Crippen LogP contribution < -0.4 is 9.46 Å². The summed E-state index contributed by atoms with van der Waals surface area (Å²) in [6.45, 7) is 3.68. The van der Waals surface area contributed by atoms with Crippen molar-refractivity contribution in [3.8, 4) is 5.75 Å². The number of ether oxygens (including phenoxy) is 1. The van der Waals surface area contributed by atoms with Gasteiger partial charge in [0.2, 0.25) is 0 Å². The zero-order valence-electron chi connectivity index (χ0n) is 18.0. The first-order valence-electron chi connectivity index (χ1n) is 10.7. The molecule has 0 atom stereocenters. The quantitative estimate of drug-likeness (QED) is 0.576. The molecule has 1 aliphatic heterocycles. The van der Waals surface area contributed by atoms with E-state index in [1.807, 2.05) is 37.3 Å². The zero-order chi connectivity index (χ0) is 22.6. The van der Waals surface area contributed by atoms with E-state index >= 15 is 0 Å². The highest BCUT2D eigenvalue weighted by atomic mass is 32.2. The first-order chi connectivity index (χ1) is 15.5. The van der Waals surface area contributed by atoms with Crippen molar-refractivity contribution in [2.45, 2.75) is 31.2 Å². The SMILES string of the molecule is CCCOc1ccc(S(=O)(=O)Nc2ccc3c(c2)CN(C(=O)c2ccccc2)CC3)cc1. The number of rotatable bonds is 7. The Labute approximate surface area is 188 Å². The fraction of sp³-hybridized carbons (Fsp3) is 0.240. The summed E-state index contributed by atoms with van der Waals surface area (Å²) in [6, 6.07) is 21.1. The van der Waals surface area contributed by atoms with Gasteiger partial charge in [-0.15, -0.1) is 0 Å². The van der Waals surface area contributed by atoms with Gasteiger partial charge in [-0.2, -0.15) is 0 Å². The van der Waals surface area contributed by atoms with E-state index in [0.29, 0.717) is 36.7 Å². The van der Waals surface area contributed by atoms with Gasteiger partial charge in [0.25, 0.3) is 15.9 Å². The van der Waals surface area contributed by atoms with Gasteiger partial charge in [-0.3, -0.25) is 9.52 Å². The number of hydrogen-bond donors (Lipinski definition) is 1. The topological polar surface area (TPSA) is 75.7 Å². The van der Waals surface area contributed by atoms with Crippen molar-refractivity contribution < 1.29 is 17.9 Å². The fourth-order valence-electron chi connectivity index (χ4n) is 3.71. The van der Waals surface area contributed by atoms with Crippen LogP contribution in [0.1, 0.15) is 34.8 Å². The number of nitrogens with one attached hydrogen (secondary N) is 1. The van der Waals surface area contributed by atoms with Crippen LogP contribution in [0.2, 0.25) is 0 Å². The van der Waals surface area contributed by atoms with Crippen LogP contribution in [0.15, 0.2) is 77.7 Å². The molecule has 0 saturated heterocycles. The van der Waals surface area contributed by atoms with Crippen molar-refractivity contribution in [3.63, 3.8) is 0 Å². The summed E-state index contributed by atoms with van der Waals surface area (Å²) in [5.74, 6) is 0.621. The predicted octanol–water partition coefficient (Wildman–Crippen LogP) is 4.47. The second kappa shape index (κ2) is 9.44. The summed E-state index contributed by atoms with van der Waals surface area (Å²) < 4.78 is 33.8. The summed E-state index contributed by atoms with van der Waals surface area (Å²) in [5, 5.41) is 0. The lowest BCUT2D eigenvalue weighted by molar-refractivity contribution is 0.0734. The normalized spacial score (nSPS) is 13.3. The average Bonchev–Trinajstić information content (AvgIpc) is 2.82. The molecule has 6 nitrogen and oxygen atoms in total. The Balaban J connectivity index is 1.49. The van der Waals surface area contributed by atoms with Gasteiger partial charge in [0.05, 0.1) is 11.5 Å². The summed E-state index contributed by atoms with van der Waals surface area (Å²) in [6.07, 6.45) is 1.62. The second-order valence-corrected chi connectivity index (χ2v) is 9.43. The second-order valence-electron chi connectivity index (χ2n) is 7.75. The zero-order valence-corrected chi connectivity index (χ0v) is 18.8. The van der Waals surface area contributed by atoms with Crippen LogP contribution in [0.3, 0.4) is 0 Å². The van der Waals surface area contributed by atoms with E-state index in [1.54, 1.807) is 35.2 Å². The number of nitrogens with zero attached hydrogens (tertiary/aromatic N) is 1. The van der Waals surface area contributed by atoms with Crippen LogP contribution in [0, 0.1) is 0 Å². The van der Waals surface area contributed by atoms with Crippen molar-refractivity contribution in [3.05, 3.63) is 89.5 Å². The fourth-order valence-corrected chi connectivity index (χ4v) is 4.76. The largest absolute Gasteiger partial charge is 0.494 e. The van der Waals surface area contributed by atoms with Crippen molar-refractivity contribution >= 4 is 21.6 Å². The molecule has 0 radical (unpaired) electrons. The van der Waals surface area contributed by atoms with E-state index in [-0.39, 0.29) is 10.8 Å². The summed E-state index contributed by atoms with van der Waals surface area (Å²) in [5.41, 5.74) is 3.20. The molecule has 32 heavy (non-hydrogen) atoms. The predicted molar refractivity (Wildman–Crippen MR) is 124 cm³/mol. The summed E-state index contributed by atoms with van der Waals surface area (Å²) in [7, 11) is -3.74. The van der Waals surface area contributed by atoms with Gasteiger partial charge in [0.1, 0.15) is 5.75 Å². The van der Waals surface area contributed by atoms with E-state index in [2.05, 4.69) is 4.72 Å². The monoisotopic (exact) mass is 450 g/mol. The molecule has 0 unspecified atom stereocenters. The van der Waals surface area contributed by atoms with Crippen molar-refractivity contribution in [2.75, 3.05) is 17.9 Å². The van der Waals surface area contributed by atoms with Gasteiger partial charge in [-0.05, 0) is 72.5 Å². The highest BCUT2D eigenvalue weighted by molar-refractivity contribution is 7.92. The number of benzene rings is 3. The number of hydrogen-bond acceptors (Lipinski definition) is 4. The molecule has 0 spiro atoms. The smallest absolute Gasteiger partial charge is 0.261 e. The Morgan fingerprint density at radius 2 is 1.75 bits per heavy atom. The Morgan fingerprint density at radius 3 is 2.47 bits per heavy atom. The molecule has 4 rings (SSSR count). The lowest BCUT2D eigenvalue weighted by Crippen LogP contribution is -2.36. The molecule has 1 aliphatic rings. The molecule has 7 heteroatoms. The highest BCUT2D eigenvalue weighted by Crippen LogP contribution is 2.26. The molecular weight excluding hydrogens is 424 g/mol. The van der Waals surface area contributed by atoms with Crippen LogP contribution >= 0.6 is 0 Å².